The molecule has 28 heavy (non-hydrogen) atoms. The molecule has 0 amide bonds. The van der Waals surface area contributed by atoms with Crippen molar-refractivity contribution in [1.82, 2.24) is 0 Å². The van der Waals surface area contributed by atoms with Gasteiger partial charge in [-0.2, -0.15) is 0 Å². The molecule has 0 aromatic rings. The van der Waals surface area contributed by atoms with E-state index < -0.39 is 70.3 Å². The normalized spacial score (nSPS) is 52.5. The van der Waals surface area contributed by atoms with Gasteiger partial charge in [-0.1, -0.05) is 20.8 Å². The summed E-state index contributed by atoms with van der Waals surface area (Å²) in [5, 5.41) is 22.4. The molecule has 8 atom stereocenters. The molecule has 2 aliphatic carbocycles. The first kappa shape index (κ1) is 16.7. The number of aliphatic hydroxyl groups is 2. The van der Waals surface area contributed by atoms with E-state index in [1.807, 2.05) is 20.8 Å². The second-order valence-corrected chi connectivity index (χ2v) is 9.42. The Balaban J connectivity index is 1.74. The van der Waals surface area contributed by atoms with E-state index in [4.69, 9.17) is 18.9 Å². The molecule has 3 unspecified atom stereocenters. The van der Waals surface area contributed by atoms with Crippen LogP contribution in [0.2, 0.25) is 0 Å². The van der Waals surface area contributed by atoms with Gasteiger partial charge in [0.15, 0.2) is 6.10 Å². The van der Waals surface area contributed by atoms with Gasteiger partial charge in [0, 0.05) is 17.6 Å². The summed E-state index contributed by atoms with van der Waals surface area (Å²) in [5.41, 5.74) is -5.16. The van der Waals surface area contributed by atoms with Gasteiger partial charge in [0.25, 0.3) is 0 Å². The lowest BCUT2D eigenvalue weighted by atomic mass is 9.52. The number of fused-ring (bicyclic) bond motifs is 1. The molecule has 6 aliphatic rings. The summed E-state index contributed by atoms with van der Waals surface area (Å²) >= 11 is 0. The standard InChI is InChI=1S/C19H18O9/c1-16(2,3)10-9(21)12-17-5-7-6(4-8(20)25-7)19(17,14(24)26-12)28-15-18(10,17)11(22)13(23)27-15/h4-5,9-12,15,21-22H,1-3H3/t9-,10+,11+,12?,15+,17?,18?,19-/m1/s1. The fraction of sp³-hybridized carbons (Fsp3) is 0.632. The number of esters is 3. The maximum absolute atomic E-state index is 13.1. The highest BCUT2D eigenvalue weighted by Crippen LogP contribution is 2.82. The van der Waals surface area contributed by atoms with Crippen LogP contribution in [0, 0.1) is 22.2 Å². The highest BCUT2D eigenvalue weighted by molar-refractivity contribution is 6.00. The molecule has 4 aliphatic heterocycles. The molecule has 6 rings (SSSR count). The summed E-state index contributed by atoms with van der Waals surface area (Å²) in [5.74, 6) is -2.90. The van der Waals surface area contributed by atoms with Crippen molar-refractivity contribution in [1.29, 1.82) is 0 Å². The van der Waals surface area contributed by atoms with Gasteiger partial charge in [0.05, 0.1) is 16.9 Å². The third kappa shape index (κ3) is 1.24. The van der Waals surface area contributed by atoms with E-state index in [0.717, 1.165) is 6.08 Å². The molecule has 0 bridgehead atoms. The van der Waals surface area contributed by atoms with Gasteiger partial charge in [-0.25, -0.2) is 14.4 Å². The summed E-state index contributed by atoms with van der Waals surface area (Å²) in [4.78, 5) is 37.3. The minimum Gasteiger partial charge on any atom is -0.456 e. The van der Waals surface area contributed by atoms with Gasteiger partial charge in [-0.05, 0) is 11.5 Å². The van der Waals surface area contributed by atoms with Crippen molar-refractivity contribution in [3.63, 3.8) is 0 Å². The van der Waals surface area contributed by atoms with Crippen molar-refractivity contribution >= 4 is 17.9 Å². The van der Waals surface area contributed by atoms with Crippen LogP contribution in [0.5, 0.6) is 0 Å². The predicted octanol–water partition coefficient (Wildman–Crippen LogP) is -0.685. The Bertz CT molecular complexity index is 957. The first-order valence-corrected chi connectivity index (χ1v) is 9.16. The Kier molecular flexibility index (Phi) is 2.50. The zero-order chi connectivity index (χ0) is 20.0. The molecule has 4 fully saturated rings. The molecule has 0 aromatic carbocycles. The molecular weight excluding hydrogens is 372 g/mol. The molecule has 2 spiro atoms. The van der Waals surface area contributed by atoms with Gasteiger partial charge in [0.1, 0.15) is 11.9 Å². The SMILES string of the molecule is CC(C)(C)[C@@H]1[C@@H](O)C2OC(=O)[C@@]34O[C@@H]5OC(=O)[C@H](O)C51C23C=C1OC(=O)C=C14. The van der Waals surface area contributed by atoms with Crippen molar-refractivity contribution in [2.45, 2.75) is 51.0 Å². The summed E-state index contributed by atoms with van der Waals surface area (Å²) in [6.45, 7) is 5.60. The van der Waals surface area contributed by atoms with E-state index in [0.29, 0.717) is 0 Å². The minimum absolute atomic E-state index is 0.137. The van der Waals surface area contributed by atoms with Gasteiger partial charge >= 0.3 is 17.9 Å². The zero-order valence-corrected chi connectivity index (χ0v) is 15.3. The summed E-state index contributed by atoms with van der Waals surface area (Å²) in [6, 6.07) is 0. The van der Waals surface area contributed by atoms with Crippen LogP contribution in [0.3, 0.4) is 0 Å². The van der Waals surface area contributed by atoms with Crippen molar-refractivity contribution < 1.29 is 43.5 Å². The Labute approximate surface area is 158 Å². The number of ether oxygens (including phenoxy) is 4. The highest BCUT2D eigenvalue weighted by atomic mass is 16.7. The number of aliphatic hydroxyl groups excluding tert-OH is 2. The van der Waals surface area contributed by atoms with Crippen LogP contribution in [0.25, 0.3) is 0 Å². The van der Waals surface area contributed by atoms with Crippen LogP contribution < -0.4 is 0 Å². The van der Waals surface area contributed by atoms with Crippen LogP contribution in [-0.2, 0) is 33.3 Å². The van der Waals surface area contributed by atoms with Gasteiger partial charge in [-0.15, -0.1) is 0 Å². The maximum atomic E-state index is 13.1. The van der Waals surface area contributed by atoms with Crippen LogP contribution in [-0.4, -0.2) is 58.3 Å². The number of carbonyl (C=O) groups is 3. The summed E-state index contributed by atoms with van der Waals surface area (Å²) < 4.78 is 22.3. The molecule has 4 heterocycles. The van der Waals surface area contributed by atoms with Gasteiger partial charge in [-0.3, -0.25) is 0 Å². The second-order valence-electron chi connectivity index (χ2n) is 9.42. The second kappa shape index (κ2) is 4.19. The van der Waals surface area contributed by atoms with E-state index in [1.54, 1.807) is 0 Å². The van der Waals surface area contributed by atoms with Crippen molar-refractivity contribution in [2.75, 3.05) is 0 Å². The Morgan fingerprint density at radius 2 is 1.82 bits per heavy atom. The molecule has 2 N–H and O–H groups in total. The smallest absolute Gasteiger partial charge is 0.344 e. The molecule has 9 nitrogen and oxygen atoms in total. The quantitative estimate of drug-likeness (QED) is 0.408. The first-order chi connectivity index (χ1) is 13.0. The fourth-order valence-corrected chi connectivity index (χ4v) is 6.93. The van der Waals surface area contributed by atoms with Crippen LogP contribution in [0.1, 0.15) is 20.8 Å². The van der Waals surface area contributed by atoms with E-state index in [-0.39, 0.29) is 11.3 Å². The number of rotatable bonds is 0. The minimum atomic E-state index is -1.81. The van der Waals surface area contributed by atoms with E-state index in [2.05, 4.69) is 0 Å². The Morgan fingerprint density at radius 1 is 1.11 bits per heavy atom. The Hall–Kier alpha value is -2.23. The monoisotopic (exact) mass is 390 g/mol. The van der Waals surface area contributed by atoms with E-state index >= 15 is 0 Å². The number of hydrogen-bond acceptors (Lipinski definition) is 9. The van der Waals surface area contributed by atoms with E-state index in [1.165, 1.54) is 6.08 Å². The molecular formula is C19H18O9. The summed E-state index contributed by atoms with van der Waals surface area (Å²) in [7, 11) is 0. The average molecular weight is 390 g/mol. The number of carbonyl (C=O) groups excluding carboxylic acids is 3. The van der Waals surface area contributed by atoms with Gasteiger partial charge < -0.3 is 29.2 Å². The molecule has 9 heteroatoms. The maximum Gasteiger partial charge on any atom is 0.344 e. The lowest BCUT2D eigenvalue weighted by molar-refractivity contribution is -0.191. The van der Waals surface area contributed by atoms with Crippen molar-refractivity contribution in [3.05, 3.63) is 23.5 Å². The lowest BCUT2D eigenvalue weighted by Gasteiger charge is -2.45. The zero-order valence-electron chi connectivity index (χ0n) is 15.3. The third-order valence-electron chi connectivity index (χ3n) is 7.42. The van der Waals surface area contributed by atoms with Crippen LogP contribution in [0.15, 0.2) is 23.5 Å². The highest BCUT2D eigenvalue weighted by Gasteiger charge is 2.97. The summed E-state index contributed by atoms with van der Waals surface area (Å²) in [6.07, 6.45) is -2.51. The number of hydrogen-bond donors (Lipinski definition) is 2. The van der Waals surface area contributed by atoms with Crippen molar-refractivity contribution in [2.24, 2.45) is 22.2 Å². The molecule has 0 aromatic heterocycles. The first-order valence-electron chi connectivity index (χ1n) is 9.16. The molecule has 148 valence electrons. The largest absolute Gasteiger partial charge is 0.456 e. The van der Waals surface area contributed by atoms with Crippen LogP contribution >= 0.6 is 0 Å². The predicted molar refractivity (Wildman–Crippen MR) is 85.7 cm³/mol. The molecule has 1 saturated carbocycles. The fourth-order valence-electron chi connectivity index (χ4n) is 6.93. The topological polar surface area (TPSA) is 129 Å². The Morgan fingerprint density at radius 3 is 2.50 bits per heavy atom. The molecule has 3 saturated heterocycles. The average Bonchev–Trinajstić information content (AvgIpc) is 3.29. The van der Waals surface area contributed by atoms with E-state index in [9.17, 15) is 24.6 Å². The van der Waals surface area contributed by atoms with Gasteiger partial charge in [0.2, 0.25) is 11.9 Å². The third-order valence-corrected chi connectivity index (χ3v) is 7.42. The van der Waals surface area contributed by atoms with Crippen LogP contribution in [0.4, 0.5) is 0 Å². The molecule has 0 radical (unpaired) electrons. The van der Waals surface area contributed by atoms with Crippen molar-refractivity contribution in [3.8, 4) is 0 Å². The lowest BCUT2D eigenvalue weighted by Crippen LogP contribution is -2.57.